The zero-order valence-corrected chi connectivity index (χ0v) is 23.8. The second kappa shape index (κ2) is 10.2. The summed E-state index contributed by atoms with van der Waals surface area (Å²) in [5.41, 5.74) is -0.0526. The molecule has 2 bridgehead atoms. The van der Waals surface area contributed by atoms with Crippen LogP contribution in [0.4, 0.5) is 18.9 Å². The Morgan fingerprint density at radius 3 is 2.50 bits per heavy atom. The van der Waals surface area contributed by atoms with Crippen LogP contribution >= 0.6 is 0 Å². The molecule has 2 amide bonds. The summed E-state index contributed by atoms with van der Waals surface area (Å²) in [6.07, 6.45) is -0.915. The molecular formula is C28H28F3N5O5S. The Morgan fingerprint density at radius 1 is 1.17 bits per heavy atom. The molecule has 222 valence electrons. The number of benzene rings is 2. The van der Waals surface area contributed by atoms with Crippen molar-refractivity contribution in [3.63, 3.8) is 0 Å². The summed E-state index contributed by atoms with van der Waals surface area (Å²) in [5, 5.41) is 8.59. The first-order chi connectivity index (χ1) is 19.7. The first-order valence-corrected chi connectivity index (χ1v) is 14.8. The predicted octanol–water partition coefficient (Wildman–Crippen LogP) is 2.87. The van der Waals surface area contributed by atoms with Gasteiger partial charge in [-0.15, -0.1) is 0 Å². The molecule has 2 aromatic carbocycles. The molecule has 3 aliphatic rings. The Morgan fingerprint density at radius 2 is 1.88 bits per heavy atom. The van der Waals surface area contributed by atoms with E-state index in [1.165, 1.54) is 37.4 Å². The van der Waals surface area contributed by atoms with Gasteiger partial charge in [0.25, 0.3) is 5.91 Å². The number of aromatic nitrogens is 2. The minimum atomic E-state index is -4.51. The van der Waals surface area contributed by atoms with E-state index < -0.39 is 39.4 Å². The molecule has 14 heteroatoms. The number of amides is 2. The topological polar surface area (TPSA) is 131 Å². The van der Waals surface area contributed by atoms with Crippen molar-refractivity contribution in [3.05, 3.63) is 47.8 Å². The summed E-state index contributed by atoms with van der Waals surface area (Å²) in [5.74, 6) is 5.54. The summed E-state index contributed by atoms with van der Waals surface area (Å²) >= 11 is 0. The van der Waals surface area contributed by atoms with E-state index in [2.05, 4.69) is 32.8 Å². The number of carbonyl (C=O) groups excluding carboxylic acids is 2. The van der Waals surface area contributed by atoms with Gasteiger partial charge in [-0.05, 0) is 49.6 Å². The maximum atomic E-state index is 13.4. The highest BCUT2D eigenvalue weighted by atomic mass is 32.2. The van der Waals surface area contributed by atoms with Crippen molar-refractivity contribution in [2.75, 3.05) is 32.3 Å². The molecule has 0 atom stereocenters. The third-order valence-electron chi connectivity index (χ3n) is 7.64. The number of carbonyl (C=O) groups is 2. The molecule has 0 aliphatic heterocycles. The van der Waals surface area contributed by atoms with Crippen molar-refractivity contribution in [1.82, 2.24) is 20.2 Å². The average molecular weight is 604 g/mol. The first-order valence-electron chi connectivity index (χ1n) is 12.9. The van der Waals surface area contributed by atoms with Crippen molar-refractivity contribution < 1.29 is 35.9 Å². The van der Waals surface area contributed by atoms with Gasteiger partial charge in [-0.2, -0.15) is 13.2 Å². The van der Waals surface area contributed by atoms with Crippen LogP contribution in [0.3, 0.4) is 0 Å². The average Bonchev–Trinajstić information content (AvgIpc) is 3.27. The molecule has 0 unspecified atom stereocenters. The second-order valence-corrected chi connectivity index (χ2v) is 12.8. The number of imidazole rings is 1. The highest BCUT2D eigenvalue weighted by Gasteiger charge is 2.72. The Bertz CT molecular complexity index is 1750. The summed E-state index contributed by atoms with van der Waals surface area (Å²) in [7, 11) is -0.467. The van der Waals surface area contributed by atoms with Crippen LogP contribution < -0.4 is 20.7 Å². The van der Waals surface area contributed by atoms with E-state index in [0.717, 1.165) is 17.2 Å². The van der Waals surface area contributed by atoms with Crippen molar-refractivity contribution in [3.8, 4) is 17.6 Å². The van der Waals surface area contributed by atoms with E-state index in [-0.39, 0.29) is 39.5 Å². The molecule has 0 spiro atoms. The lowest BCUT2D eigenvalue weighted by Gasteiger charge is -2.69. The zero-order chi connectivity index (χ0) is 30.5. The molecule has 3 fully saturated rings. The fourth-order valence-electron chi connectivity index (χ4n) is 5.80. The number of hydrogen-bond acceptors (Lipinski definition) is 7. The minimum Gasteiger partial charge on any atom is -0.495 e. The maximum Gasteiger partial charge on any atom is 0.406 e. The van der Waals surface area contributed by atoms with Crippen LogP contribution in [0.2, 0.25) is 0 Å². The van der Waals surface area contributed by atoms with Crippen LogP contribution in [0.15, 0.2) is 41.6 Å². The van der Waals surface area contributed by atoms with E-state index in [1.807, 2.05) is 0 Å². The molecule has 0 saturated heterocycles. The molecule has 1 heterocycles. The lowest BCUT2D eigenvalue weighted by Crippen LogP contribution is -2.78. The van der Waals surface area contributed by atoms with Gasteiger partial charge in [0.1, 0.15) is 17.8 Å². The zero-order valence-electron chi connectivity index (χ0n) is 23.0. The van der Waals surface area contributed by atoms with E-state index in [0.29, 0.717) is 30.7 Å². The molecule has 3 saturated carbocycles. The van der Waals surface area contributed by atoms with E-state index in [1.54, 1.807) is 7.05 Å². The lowest BCUT2D eigenvalue weighted by atomic mass is 9.39. The number of methoxy groups -OCH3 is 1. The smallest absolute Gasteiger partial charge is 0.406 e. The number of ether oxygens (including phenoxy) is 1. The number of sulfone groups is 1. The fraction of sp³-hybridized carbons (Fsp3) is 0.393. The SMILES string of the molecule is CNC(=O)C12CC(NC(=O)c3cc(C#CCNc4cc(S(C)(=O)=O)ccc4OC)cc4c3ncn4CC(F)(F)F)(C1)C2. The number of nitrogens with zero attached hydrogens (tertiary/aromatic N) is 2. The standard InChI is InChI=1S/C28H28F3N5O5S/c1-32-25(38)26-12-27(13-26,14-26)35-24(37)19-9-17(10-21-23(19)34-16-36(21)15-28(29,30)31)5-4-8-33-20-11-18(42(3,39)40)6-7-22(20)41-2/h6-7,9-11,16,33H,8,12-15H2,1-3H3,(H,32,38)(H,35,37). The molecule has 42 heavy (non-hydrogen) atoms. The van der Waals surface area contributed by atoms with E-state index in [9.17, 15) is 31.2 Å². The first kappa shape index (κ1) is 29.2. The highest BCUT2D eigenvalue weighted by molar-refractivity contribution is 7.90. The van der Waals surface area contributed by atoms with Gasteiger partial charge in [-0.1, -0.05) is 11.8 Å². The number of rotatable bonds is 8. The van der Waals surface area contributed by atoms with Crippen LogP contribution in [0, 0.1) is 17.3 Å². The normalized spacial score (nSPS) is 20.9. The number of nitrogens with one attached hydrogen (secondary N) is 3. The van der Waals surface area contributed by atoms with Gasteiger partial charge >= 0.3 is 6.18 Å². The number of fused-ring (bicyclic) bond motifs is 1. The summed E-state index contributed by atoms with van der Waals surface area (Å²) in [4.78, 5) is 29.7. The van der Waals surface area contributed by atoms with Crippen molar-refractivity contribution in [2.24, 2.45) is 5.41 Å². The minimum absolute atomic E-state index is 0.0373. The Balaban J connectivity index is 1.41. The second-order valence-electron chi connectivity index (χ2n) is 10.8. The molecule has 3 aliphatic carbocycles. The molecule has 1 aromatic heterocycles. The van der Waals surface area contributed by atoms with Gasteiger partial charge in [0.2, 0.25) is 5.91 Å². The van der Waals surface area contributed by atoms with Gasteiger partial charge in [0, 0.05) is 24.4 Å². The maximum absolute atomic E-state index is 13.4. The van der Waals surface area contributed by atoms with Gasteiger partial charge in [0.05, 0.1) is 47.1 Å². The van der Waals surface area contributed by atoms with Gasteiger partial charge < -0.3 is 25.3 Å². The van der Waals surface area contributed by atoms with Crippen LogP contribution in [0.5, 0.6) is 5.75 Å². The van der Waals surface area contributed by atoms with Gasteiger partial charge in [-0.25, -0.2) is 13.4 Å². The third kappa shape index (κ3) is 5.48. The summed E-state index contributed by atoms with van der Waals surface area (Å²) < 4.78 is 69.8. The Hall–Kier alpha value is -4.25. The largest absolute Gasteiger partial charge is 0.495 e. The molecule has 3 aromatic rings. The third-order valence-corrected chi connectivity index (χ3v) is 8.75. The van der Waals surface area contributed by atoms with Crippen LogP contribution in [-0.4, -0.2) is 68.5 Å². The summed E-state index contributed by atoms with van der Waals surface area (Å²) in [6, 6.07) is 7.25. The molecule has 3 N–H and O–H groups in total. The molecule has 0 radical (unpaired) electrons. The van der Waals surface area contributed by atoms with Gasteiger partial charge in [0.15, 0.2) is 9.84 Å². The fourth-order valence-corrected chi connectivity index (χ4v) is 6.45. The monoisotopic (exact) mass is 603 g/mol. The number of halogens is 3. The quantitative estimate of drug-likeness (QED) is 0.338. The van der Waals surface area contributed by atoms with Crippen LogP contribution in [0.25, 0.3) is 11.0 Å². The molecule has 6 rings (SSSR count). The van der Waals surface area contributed by atoms with Crippen LogP contribution in [0.1, 0.15) is 35.2 Å². The number of hydrogen-bond donors (Lipinski definition) is 3. The number of alkyl halides is 3. The number of anilines is 1. The molecular weight excluding hydrogens is 575 g/mol. The molecule has 10 nitrogen and oxygen atoms in total. The van der Waals surface area contributed by atoms with E-state index in [4.69, 9.17) is 4.74 Å². The van der Waals surface area contributed by atoms with Crippen LogP contribution in [-0.2, 0) is 21.2 Å². The lowest BCUT2D eigenvalue weighted by molar-refractivity contribution is -0.177. The van der Waals surface area contributed by atoms with Crippen molar-refractivity contribution >= 4 is 38.4 Å². The Kier molecular flexibility index (Phi) is 7.13. The van der Waals surface area contributed by atoms with Crippen molar-refractivity contribution in [1.29, 1.82) is 0 Å². The highest BCUT2D eigenvalue weighted by Crippen LogP contribution is 2.67. The summed E-state index contributed by atoms with van der Waals surface area (Å²) in [6.45, 7) is -1.26. The van der Waals surface area contributed by atoms with Crippen molar-refractivity contribution in [2.45, 2.75) is 42.4 Å². The Labute approximate surface area is 239 Å². The predicted molar refractivity (Wildman–Crippen MR) is 148 cm³/mol. The van der Waals surface area contributed by atoms with Gasteiger partial charge in [-0.3, -0.25) is 9.59 Å². The van der Waals surface area contributed by atoms with E-state index >= 15 is 0 Å².